The molecule has 0 aliphatic carbocycles. The van der Waals surface area contributed by atoms with Crippen LogP contribution < -0.4 is 5.73 Å². The van der Waals surface area contributed by atoms with Crippen LogP contribution in [0.25, 0.3) is 10.9 Å². The van der Waals surface area contributed by atoms with E-state index in [9.17, 15) is 4.79 Å². The molecule has 1 aromatic heterocycles. The molecule has 0 atom stereocenters. The minimum atomic E-state index is -0.480. The molecule has 2 aromatic rings. The fraction of sp³-hybridized carbons (Fsp3) is 0.429. The van der Waals surface area contributed by atoms with E-state index in [1.807, 2.05) is 28.9 Å². The maximum atomic E-state index is 11.5. The van der Waals surface area contributed by atoms with Crippen molar-refractivity contribution in [2.24, 2.45) is 5.73 Å². The van der Waals surface area contributed by atoms with Gasteiger partial charge in [0.15, 0.2) is 5.69 Å². The molecule has 3 rings (SSSR count). The van der Waals surface area contributed by atoms with Gasteiger partial charge in [0.05, 0.1) is 25.3 Å². The third-order valence-electron chi connectivity index (χ3n) is 3.62. The second-order valence-corrected chi connectivity index (χ2v) is 4.91. The summed E-state index contributed by atoms with van der Waals surface area (Å²) in [4.78, 5) is 13.8. The predicted molar refractivity (Wildman–Crippen MR) is 75.5 cm³/mol. The van der Waals surface area contributed by atoms with Gasteiger partial charge in [-0.05, 0) is 6.07 Å². The van der Waals surface area contributed by atoms with Gasteiger partial charge in [-0.25, -0.2) is 0 Å². The van der Waals surface area contributed by atoms with Crippen LogP contribution >= 0.6 is 0 Å². The number of hydrogen-bond donors (Lipinski definition) is 1. The molecule has 0 spiro atoms. The smallest absolute Gasteiger partial charge is 0.269 e. The Kier molecular flexibility index (Phi) is 3.66. The average Bonchev–Trinajstić information content (AvgIpc) is 2.85. The first-order valence-electron chi connectivity index (χ1n) is 6.81. The minimum absolute atomic E-state index is 0.350. The van der Waals surface area contributed by atoms with E-state index in [0.717, 1.165) is 50.3 Å². The number of morpholine rings is 1. The molecule has 0 saturated carbocycles. The van der Waals surface area contributed by atoms with Gasteiger partial charge in [-0.2, -0.15) is 5.10 Å². The van der Waals surface area contributed by atoms with E-state index in [1.165, 1.54) is 0 Å². The number of carbonyl (C=O) groups excluding carboxylic acids is 1. The van der Waals surface area contributed by atoms with Gasteiger partial charge in [-0.15, -0.1) is 0 Å². The van der Waals surface area contributed by atoms with Crippen LogP contribution in [0.5, 0.6) is 0 Å². The van der Waals surface area contributed by atoms with Crippen molar-refractivity contribution < 1.29 is 9.53 Å². The minimum Gasteiger partial charge on any atom is -0.379 e. The maximum absolute atomic E-state index is 11.5. The van der Waals surface area contributed by atoms with E-state index in [-0.39, 0.29) is 0 Å². The number of amides is 1. The van der Waals surface area contributed by atoms with E-state index < -0.39 is 5.91 Å². The highest BCUT2D eigenvalue weighted by Gasteiger charge is 2.15. The van der Waals surface area contributed by atoms with Crippen molar-refractivity contribution in [3.8, 4) is 0 Å². The zero-order valence-electron chi connectivity index (χ0n) is 11.3. The zero-order valence-corrected chi connectivity index (χ0v) is 11.3. The standard InChI is InChI=1S/C14H18N4O2/c15-14(19)13-11-3-1-2-4-12(11)18(16-13)6-5-17-7-9-20-10-8-17/h1-4H,5-10H2,(H2,15,19). The molecule has 1 aliphatic rings. The maximum Gasteiger partial charge on any atom is 0.269 e. The zero-order chi connectivity index (χ0) is 13.9. The van der Waals surface area contributed by atoms with Crippen LogP contribution in [-0.2, 0) is 11.3 Å². The lowest BCUT2D eigenvalue weighted by atomic mass is 10.2. The molecule has 1 aromatic carbocycles. The Morgan fingerprint density at radius 2 is 2.00 bits per heavy atom. The van der Waals surface area contributed by atoms with Crippen LogP contribution in [-0.4, -0.2) is 53.4 Å². The van der Waals surface area contributed by atoms with Crippen molar-refractivity contribution in [1.82, 2.24) is 14.7 Å². The number of nitrogens with zero attached hydrogens (tertiary/aromatic N) is 3. The van der Waals surface area contributed by atoms with Crippen LogP contribution in [0.15, 0.2) is 24.3 Å². The summed E-state index contributed by atoms with van der Waals surface area (Å²) in [5.74, 6) is -0.480. The molecular weight excluding hydrogens is 256 g/mol. The largest absolute Gasteiger partial charge is 0.379 e. The molecule has 0 bridgehead atoms. The highest BCUT2D eigenvalue weighted by Crippen LogP contribution is 2.18. The fourth-order valence-electron chi connectivity index (χ4n) is 2.54. The van der Waals surface area contributed by atoms with Crippen molar-refractivity contribution in [1.29, 1.82) is 0 Å². The van der Waals surface area contributed by atoms with Crippen molar-refractivity contribution in [2.45, 2.75) is 6.54 Å². The molecule has 2 N–H and O–H groups in total. The number of primary amides is 1. The highest BCUT2D eigenvalue weighted by molar-refractivity contribution is 6.04. The van der Waals surface area contributed by atoms with E-state index >= 15 is 0 Å². The number of rotatable bonds is 4. The second kappa shape index (κ2) is 5.60. The third kappa shape index (κ3) is 2.52. The Hall–Kier alpha value is -1.92. The Morgan fingerprint density at radius 1 is 1.25 bits per heavy atom. The van der Waals surface area contributed by atoms with Gasteiger partial charge in [0, 0.05) is 25.0 Å². The van der Waals surface area contributed by atoms with Crippen molar-refractivity contribution in [2.75, 3.05) is 32.8 Å². The van der Waals surface area contributed by atoms with Crippen LogP contribution in [0.3, 0.4) is 0 Å². The van der Waals surface area contributed by atoms with Crippen LogP contribution in [0.2, 0.25) is 0 Å². The van der Waals surface area contributed by atoms with Gasteiger partial charge >= 0.3 is 0 Å². The molecule has 0 unspecified atom stereocenters. The molecule has 0 radical (unpaired) electrons. The first-order chi connectivity index (χ1) is 9.75. The Bertz CT molecular complexity index is 617. The molecule has 1 aliphatic heterocycles. The number of nitrogens with two attached hydrogens (primary N) is 1. The fourth-order valence-corrected chi connectivity index (χ4v) is 2.54. The quantitative estimate of drug-likeness (QED) is 0.879. The lowest BCUT2D eigenvalue weighted by Gasteiger charge is -2.26. The summed E-state index contributed by atoms with van der Waals surface area (Å²) < 4.78 is 7.20. The van der Waals surface area contributed by atoms with Crippen LogP contribution in [0, 0.1) is 0 Å². The number of para-hydroxylation sites is 1. The van der Waals surface area contributed by atoms with E-state index in [0.29, 0.717) is 5.69 Å². The molecular formula is C14H18N4O2. The van der Waals surface area contributed by atoms with Gasteiger partial charge in [0.1, 0.15) is 0 Å². The summed E-state index contributed by atoms with van der Waals surface area (Å²) >= 11 is 0. The molecule has 6 heteroatoms. The highest BCUT2D eigenvalue weighted by atomic mass is 16.5. The first-order valence-corrected chi connectivity index (χ1v) is 6.81. The van der Waals surface area contributed by atoms with Gasteiger partial charge in [-0.1, -0.05) is 18.2 Å². The van der Waals surface area contributed by atoms with Gasteiger partial charge < -0.3 is 10.5 Å². The lowest BCUT2D eigenvalue weighted by molar-refractivity contribution is 0.0361. The molecule has 20 heavy (non-hydrogen) atoms. The summed E-state index contributed by atoms with van der Waals surface area (Å²) in [5.41, 5.74) is 6.69. The first kappa shape index (κ1) is 13.1. The molecule has 1 amide bonds. The Balaban J connectivity index is 1.82. The van der Waals surface area contributed by atoms with Gasteiger partial charge in [0.25, 0.3) is 5.91 Å². The molecule has 1 fully saturated rings. The Labute approximate surface area is 117 Å². The monoisotopic (exact) mass is 274 g/mol. The number of aromatic nitrogens is 2. The van der Waals surface area contributed by atoms with Crippen LogP contribution in [0.1, 0.15) is 10.5 Å². The topological polar surface area (TPSA) is 73.4 Å². The molecule has 106 valence electrons. The number of benzene rings is 1. The predicted octanol–water partition coefficient (Wildman–Crippen LogP) is 0.467. The van der Waals surface area contributed by atoms with E-state index in [2.05, 4.69) is 10.00 Å². The third-order valence-corrected chi connectivity index (χ3v) is 3.62. The second-order valence-electron chi connectivity index (χ2n) is 4.91. The van der Waals surface area contributed by atoms with Gasteiger partial charge in [0.2, 0.25) is 0 Å². The summed E-state index contributed by atoms with van der Waals surface area (Å²) in [6.45, 7) is 5.10. The number of hydrogen-bond acceptors (Lipinski definition) is 4. The normalized spacial score (nSPS) is 16.6. The average molecular weight is 274 g/mol. The summed E-state index contributed by atoms with van der Waals surface area (Å²) in [5, 5.41) is 5.18. The number of fused-ring (bicyclic) bond motifs is 1. The molecule has 6 nitrogen and oxygen atoms in total. The summed E-state index contributed by atoms with van der Waals surface area (Å²) in [6.07, 6.45) is 0. The van der Waals surface area contributed by atoms with Crippen molar-refractivity contribution >= 4 is 16.8 Å². The Morgan fingerprint density at radius 3 is 2.75 bits per heavy atom. The number of ether oxygens (including phenoxy) is 1. The SMILES string of the molecule is NC(=O)c1nn(CCN2CCOCC2)c2ccccc12. The van der Waals surface area contributed by atoms with Crippen molar-refractivity contribution in [3.05, 3.63) is 30.0 Å². The summed E-state index contributed by atoms with van der Waals surface area (Å²) in [6, 6.07) is 7.69. The van der Waals surface area contributed by atoms with Crippen molar-refractivity contribution in [3.63, 3.8) is 0 Å². The van der Waals surface area contributed by atoms with E-state index in [4.69, 9.17) is 10.5 Å². The number of carbonyl (C=O) groups is 1. The lowest BCUT2D eigenvalue weighted by Crippen LogP contribution is -2.38. The van der Waals surface area contributed by atoms with E-state index in [1.54, 1.807) is 0 Å². The van der Waals surface area contributed by atoms with Crippen LogP contribution in [0.4, 0.5) is 0 Å². The molecule has 1 saturated heterocycles. The summed E-state index contributed by atoms with van der Waals surface area (Å²) in [7, 11) is 0. The molecule has 2 heterocycles. The van der Waals surface area contributed by atoms with Gasteiger partial charge in [-0.3, -0.25) is 14.4 Å².